The van der Waals surface area contributed by atoms with E-state index in [0.717, 1.165) is 19.5 Å². The van der Waals surface area contributed by atoms with Gasteiger partial charge in [-0.1, -0.05) is 37.3 Å². The van der Waals surface area contributed by atoms with Crippen molar-refractivity contribution in [2.24, 2.45) is 0 Å². The second-order valence-electron chi connectivity index (χ2n) is 5.72. The van der Waals surface area contributed by atoms with Crippen molar-refractivity contribution in [3.63, 3.8) is 0 Å². The van der Waals surface area contributed by atoms with Crippen LogP contribution in [-0.4, -0.2) is 38.9 Å². The van der Waals surface area contributed by atoms with Gasteiger partial charge in [-0.3, -0.25) is 0 Å². The van der Waals surface area contributed by atoms with Gasteiger partial charge in [0.2, 0.25) is 10.0 Å². The molecule has 0 saturated carbocycles. The van der Waals surface area contributed by atoms with Crippen LogP contribution in [0.4, 0.5) is 5.69 Å². The lowest BCUT2D eigenvalue weighted by atomic mass is 10.1. The third kappa shape index (κ3) is 3.41. The van der Waals surface area contributed by atoms with E-state index >= 15 is 0 Å². The predicted molar refractivity (Wildman–Crippen MR) is 93.2 cm³/mol. The van der Waals surface area contributed by atoms with Crippen molar-refractivity contribution >= 4 is 15.7 Å². The van der Waals surface area contributed by atoms with Gasteiger partial charge in [0, 0.05) is 31.9 Å². The number of aryl methyl sites for hydroxylation is 1. The van der Waals surface area contributed by atoms with Crippen molar-refractivity contribution in [1.82, 2.24) is 4.31 Å². The first-order valence-corrected chi connectivity index (χ1v) is 9.44. The zero-order valence-electron chi connectivity index (χ0n) is 13.4. The molecule has 23 heavy (non-hydrogen) atoms. The molecule has 2 aromatic rings. The molecule has 1 fully saturated rings. The molecular weight excluding hydrogens is 308 g/mol. The number of hydrogen-bond acceptors (Lipinski definition) is 3. The van der Waals surface area contributed by atoms with Gasteiger partial charge in [-0.25, -0.2) is 8.42 Å². The highest BCUT2D eigenvalue weighted by atomic mass is 32.2. The van der Waals surface area contributed by atoms with Crippen LogP contribution in [0.15, 0.2) is 59.5 Å². The predicted octanol–water partition coefficient (Wildman–Crippen LogP) is 2.76. The fourth-order valence-corrected chi connectivity index (χ4v) is 4.31. The molecule has 0 aromatic heterocycles. The van der Waals surface area contributed by atoms with E-state index in [4.69, 9.17) is 0 Å². The van der Waals surface area contributed by atoms with Crippen LogP contribution in [0.25, 0.3) is 0 Å². The van der Waals surface area contributed by atoms with Gasteiger partial charge in [0.25, 0.3) is 0 Å². The summed E-state index contributed by atoms with van der Waals surface area (Å²) in [6.07, 6.45) is 1.03. The number of piperazine rings is 1. The lowest BCUT2D eigenvalue weighted by Gasteiger charge is -2.35. The number of nitrogens with zero attached hydrogens (tertiary/aromatic N) is 2. The summed E-state index contributed by atoms with van der Waals surface area (Å²) >= 11 is 0. The van der Waals surface area contributed by atoms with Crippen LogP contribution >= 0.6 is 0 Å². The van der Waals surface area contributed by atoms with Crippen molar-refractivity contribution in [2.75, 3.05) is 31.1 Å². The van der Waals surface area contributed by atoms with Crippen LogP contribution in [0.5, 0.6) is 0 Å². The second kappa shape index (κ2) is 6.72. The minimum absolute atomic E-state index is 0.376. The van der Waals surface area contributed by atoms with Crippen LogP contribution in [-0.2, 0) is 16.4 Å². The molecular formula is C18H22N2O2S. The summed E-state index contributed by atoms with van der Waals surface area (Å²) in [6, 6.07) is 17.2. The zero-order chi connectivity index (χ0) is 16.3. The smallest absolute Gasteiger partial charge is 0.243 e. The average molecular weight is 330 g/mol. The van der Waals surface area contributed by atoms with Gasteiger partial charge in [0.1, 0.15) is 0 Å². The highest BCUT2D eigenvalue weighted by molar-refractivity contribution is 7.89. The van der Waals surface area contributed by atoms with Crippen LogP contribution in [0.2, 0.25) is 0 Å². The first-order valence-electron chi connectivity index (χ1n) is 8.00. The van der Waals surface area contributed by atoms with Gasteiger partial charge in [-0.2, -0.15) is 4.31 Å². The number of sulfonamides is 1. The quantitative estimate of drug-likeness (QED) is 0.865. The van der Waals surface area contributed by atoms with Crippen molar-refractivity contribution in [1.29, 1.82) is 0 Å². The Bertz CT molecular complexity index is 734. The average Bonchev–Trinajstić information content (AvgIpc) is 2.63. The molecule has 0 bridgehead atoms. The topological polar surface area (TPSA) is 40.6 Å². The van der Waals surface area contributed by atoms with E-state index in [-0.39, 0.29) is 0 Å². The molecule has 4 nitrogen and oxygen atoms in total. The number of rotatable bonds is 4. The van der Waals surface area contributed by atoms with Crippen molar-refractivity contribution < 1.29 is 8.42 Å². The van der Waals surface area contributed by atoms with Gasteiger partial charge in [0.15, 0.2) is 0 Å². The molecule has 0 spiro atoms. The summed E-state index contributed by atoms with van der Waals surface area (Å²) in [5.74, 6) is 0. The minimum Gasteiger partial charge on any atom is -0.369 e. The van der Waals surface area contributed by atoms with Crippen LogP contribution < -0.4 is 4.90 Å². The van der Waals surface area contributed by atoms with Gasteiger partial charge in [0.05, 0.1) is 4.90 Å². The SMILES string of the molecule is CCc1ccc(N2CCN(S(=O)(=O)c3ccccc3)CC2)cc1. The first-order chi connectivity index (χ1) is 11.1. The summed E-state index contributed by atoms with van der Waals surface area (Å²) < 4.78 is 26.8. The van der Waals surface area contributed by atoms with E-state index in [1.54, 1.807) is 28.6 Å². The van der Waals surface area contributed by atoms with E-state index < -0.39 is 10.0 Å². The van der Waals surface area contributed by atoms with Crippen LogP contribution in [0, 0.1) is 0 Å². The third-order valence-electron chi connectivity index (χ3n) is 4.33. The van der Waals surface area contributed by atoms with Crippen molar-refractivity contribution in [3.05, 3.63) is 60.2 Å². The summed E-state index contributed by atoms with van der Waals surface area (Å²) in [6.45, 7) is 4.62. The van der Waals surface area contributed by atoms with Crippen molar-refractivity contribution in [3.8, 4) is 0 Å². The normalized spacial score (nSPS) is 16.5. The number of benzene rings is 2. The van der Waals surface area contributed by atoms with Gasteiger partial charge < -0.3 is 4.90 Å². The van der Waals surface area contributed by atoms with Gasteiger partial charge >= 0.3 is 0 Å². The Morgan fingerprint density at radius 3 is 2.04 bits per heavy atom. The maximum atomic E-state index is 12.6. The lowest BCUT2D eigenvalue weighted by Crippen LogP contribution is -2.48. The Morgan fingerprint density at radius 2 is 1.48 bits per heavy atom. The molecule has 122 valence electrons. The van der Waals surface area contributed by atoms with E-state index in [1.807, 2.05) is 6.07 Å². The highest BCUT2D eigenvalue weighted by Crippen LogP contribution is 2.21. The molecule has 3 rings (SSSR count). The number of hydrogen-bond donors (Lipinski definition) is 0. The summed E-state index contributed by atoms with van der Waals surface area (Å²) in [4.78, 5) is 2.62. The minimum atomic E-state index is -3.37. The second-order valence-corrected chi connectivity index (χ2v) is 7.66. The Morgan fingerprint density at radius 1 is 0.870 bits per heavy atom. The van der Waals surface area contributed by atoms with Crippen LogP contribution in [0.1, 0.15) is 12.5 Å². The summed E-state index contributed by atoms with van der Waals surface area (Å²) in [5, 5.41) is 0. The Labute approximate surface area is 138 Å². The largest absolute Gasteiger partial charge is 0.369 e. The molecule has 0 unspecified atom stereocenters. The van der Waals surface area contributed by atoms with Crippen molar-refractivity contribution in [2.45, 2.75) is 18.2 Å². The van der Waals surface area contributed by atoms with Crippen LogP contribution in [0.3, 0.4) is 0 Å². The van der Waals surface area contributed by atoms with Gasteiger partial charge in [-0.05, 0) is 36.2 Å². The third-order valence-corrected chi connectivity index (χ3v) is 6.24. The Hall–Kier alpha value is -1.85. The zero-order valence-corrected chi connectivity index (χ0v) is 14.2. The Kier molecular flexibility index (Phi) is 4.68. The molecule has 1 aliphatic heterocycles. The standard InChI is InChI=1S/C18H22N2O2S/c1-2-16-8-10-17(11-9-16)19-12-14-20(15-13-19)23(21,22)18-6-4-3-5-7-18/h3-11H,2,12-15H2,1H3. The molecule has 1 heterocycles. The summed E-state index contributed by atoms with van der Waals surface area (Å²) in [7, 11) is -3.37. The molecule has 1 aliphatic rings. The van der Waals surface area contributed by atoms with E-state index in [1.165, 1.54) is 11.3 Å². The van der Waals surface area contributed by atoms with E-state index in [9.17, 15) is 8.42 Å². The molecule has 2 aromatic carbocycles. The molecule has 1 saturated heterocycles. The summed E-state index contributed by atoms with van der Waals surface area (Å²) in [5.41, 5.74) is 2.48. The Balaban J connectivity index is 1.68. The first kappa shape index (κ1) is 16.0. The molecule has 5 heteroatoms. The van der Waals surface area contributed by atoms with E-state index in [2.05, 4.69) is 36.1 Å². The fraction of sp³-hybridized carbons (Fsp3) is 0.333. The molecule has 0 radical (unpaired) electrons. The highest BCUT2D eigenvalue weighted by Gasteiger charge is 2.28. The molecule has 0 aliphatic carbocycles. The molecule has 0 N–H and O–H groups in total. The van der Waals surface area contributed by atoms with E-state index in [0.29, 0.717) is 18.0 Å². The lowest BCUT2D eigenvalue weighted by molar-refractivity contribution is 0.385. The maximum Gasteiger partial charge on any atom is 0.243 e. The van der Waals surface area contributed by atoms with Gasteiger partial charge in [-0.15, -0.1) is 0 Å². The monoisotopic (exact) mass is 330 g/mol. The molecule has 0 amide bonds. The molecule has 0 atom stereocenters. The number of anilines is 1. The fourth-order valence-electron chi connectivity index (χ4n) is 2.87. The maximum absolute atomic E-state index is 12.6.